The first-order valence-electron chi connectivity index (χ1n) is 7.97. The highest BCUT2D eigenvalue weighted by atomic mass is 32.1. The molecule has 1 aliphatic rings. The number of thiophene rings is 1. The molecule has 5 nitrogen and oxygen atoms in total. The van der Waals surface area contributed by atoms with Crippen molar-refractivity contribution in [2.24, 2.45) is 0 Å². The van der Waals surface area contributed by atoms with E-state index in [4.69, 9.17) is 0 Å². The number of carbonyl (C=O) groups excluding carboxylic acids is 1. The molecule has 1 amide bonds. The van der Waals surface area contributed by atoms with Crippen molar-refractivity contribution < 1.29 is 4.79 Å². The molecule has 6 heteroatoms. The van der Waals surface area contributed by atoms with E-state index < -0.39 is 0 Å². The summed E-state index contributed by atoms with van der Waals surface area (Å²) >= 11 is 1.56. The molecule has 1 N–H and O–H groups in total. The Bertz CT molecular complexity index is 674. The van der Waals surface area contributed by atoms with Crippen LogP contribution in [0.15, 0.2) is 6.07 Å². The molecule has 3 heterocycles. The minimum atomic E-state index is -0.0150. The van der Waals surface area contributed by atoms with Crippen molar-refractivity contribution in [1.82, 2.24) is 20.1 Å². The Morgan fingerprint density at radius 1 is 1.36 bits per heavy atom. The largest absolute Gasteiger partial charge is 0.344 e. The molecule has 0 saturated heterocycles. The van der Waals surface area contributed by atoms with E-state index in [9.17, 15) is 4.79 Å². The fourth-order valence-electron chi connectivity index (χ4n) is 2.91. The molecular formula is C16H22N4OS. The molecule has 0 bridgehead atoms. The van der Waals surface area contributed by atoms with Gasteiger partial charge in [0.05, 0.1) is 11.4 Å². The molecule has 0 unspecified atom stereocenters. The van der Waals surface area contributed by atoms with Crippen LogP contribution >= 0.6 is 11.3 Å². The van der Waals surface area contributed by atoms with E-state index >= 15 is 0 Å². The van der Waals surface area contributed by atoms with E-state index in [0.29, 0.717) is 6.54 Å². The molecule has 0 spiro atoms. The number of amides is 1. The van der Waals surface area contributed by atoms with E-state index in [1.165, 1.54) is 23.3 Å². The second kappa shape index (κ2) is 6.60. The molecule has 0 aromatic carbocycles. The number of hydrogen-bond donors (Lipinski definition) is 1. The average Bonchev–Trinajstić information content (AvgIpc) is 3.00. The molecule has 118 valence electrons. The molecule has 22 heavy (non-hydrogen) atoms. The van der Waals surface area contributed by atoms with Crippen LogP contribution in [0.1, 0.15) is 57.9 Å². The Hall–Kier alpha value is -1.69. The van der Waals surface area contributed by atoms with Crippen LogP contribution in [0.2, 0.25) is 0 Å². The zero-order chi connectivity index (χ0) is 15.5. The van der Waals surface area contributed by atoms with Crippen molar-refractivity contribution in [2.45, 2.75) is 59.0 Å². The standard InChI is InChI=1S/C16H22N4OS/c1-3-12-9-13(22-11(12)2)16(21)17-10-15-19-18-14-7-5-4-6-8-20(14)15/h9H,3-8,10H2,1-2H3,(H,17,21). The highest BCUT2D eigenvalue weighted by molar-refractivity contribution is 7.14. The maximum absolute atomic E-state index is 12.3. The second-order valence-electron chi connectivity index (χ2n) is 5.72. The van der Waals surface area contributed by atoms with Crippen LogP contribution in [0.5, 0.6) is 0 Å². The number of rotatable bonds is 4. The first-order valence-corrected chi connectivity index (χ1v) is 8.79. The quantitative estimate of drug-likeness (QED) is 0.943. The zero-order valence-corrected chi connectivity index (χ0v) is 14.0. The van der Waals surface area contributed by atoms with Gasteiger partial charge in [0.2, 0.25) is 0 Å². The summed E-state index contributed by atoms with van der Waals surface area (Å²) in [5.41, 5.74) is 1.26. The van der Waals surface area contributed by atoms with Gasteiger partial charge in [0, 0.05) is 17.8 Å². The predicted octanol–water partition coefficient (Wildman–Crippen LogP) is 2.87. The topological polar surface area (TPSA) is 59.8 Å². The summed E-state index contributed by atoms with van der Waals surface area (Å²) in [7, 11) is 0. The first kappa shape index (κ1) is 15.2. The second-order valence-corrected chi connectivity index (χ2v) is 6.98. The van der Waals surface area contributed by atoms with Gasteiger partial charge in [-0.3, -0.25) is 4.79 Å². The minimum absolute atomic E-state index is 0.0150. The summed E-state index contributed by atoms with van der Waals surface area (Å²) < 4.78 is 2.17. The van der Waals surface area contributed by atoms with Crippen molar-refractivity contribution in [3.63, 3.8) is 0 Å². The summed E-state index contributed by atoms with van der Waals surface area (Å²) in [6.45, 7) is 5.59. The van der Waals surface area contributed by atoms with Gasteiger partial charge in [0.1, 0.15) is 5.82 Å². The normalized spacial score (nSPS) is 14.5. The van der Waals surface area contributed by atoms with E-state index in [0.717, 1.165) is 42.3 Å². The number of carbonyl (C=O) groups is 1. The number of aryl methyl sites for hydroxylation is 3. The Morgan fingerprint density at radius 2 is 2.23 bits per heavy atom. The molecule has 0 fully saturated rings. The lowest BCUT2D eigenvalue weighted by molar-refractivity contribution is 0.0953. The van der Waals surface area contributed by atoms with Gasteiger partial charge in [-0.1, -0.05) is 13.3 Å². The lowest BCUT2D eigenvalue weighted by Crippen LogP contribution is -2.24. The average molecular weight is 318 g/mol. The van der Waals surface area contributed by atoms with Crippen LogP contribution in [-0.2, 0) is 25.9 Å². The van der Waals surface area contributed by atoms with Crippen LogP contribution < -0.4 is 5.32 Å². The van der Waals surface area contributed by atoms with Gasteiger partial charge in [0.15, 0.2) is 5.82 Å². The molecule has 3 rings (SSSR count). The van der Waals surface area contributed by atoms with Crippen LogP contribution in [-0.4, -0.2) is 20.7 Å². The molecule has 0 atom stereocenters. The van der Waals surface area contributed by atoms with Crippen molar-refractivity contribution in [2.75, 3.05) is 0 Å². The summed E-state index contributed by atoms with van der Waals surface area (Å²) in [4.78, 5) is 14.3. The predicted molar refractivity (Wildman–Crippen MR) is 87.2 cm³/mol. The van der Waals surface area contributed by atoms with Gasteiger partial charge >= 0.3 is 0 Å². The molecular weight excluding hydrogens is 296 g/mol. The lowest BCUT2D eigenvalue weighted by Gasteiger charge is -2.07. The maximum Gasteiger partial charge on any atom is 0.261 e. The molecule has 1 aliphatic heterocycles. The van der Waals surface area contributed by atoms with Crippen LogP contribution in [0.3, 0.4) is 0 Å². The molecule has 0 aliphatic carbocycles. The zero-order valence-electron chi connectivity index (χ0n) is 13.2. The van der Waals surface area contributed by atoms with Gasteiger partial charge in [-0.25, -0.2) is 0 Å². The molecule has 2 aromatic heterocycles. The van der Waals surface area contributed by atoms with Gasteiger partial charge in [0.25, 0.3) is 5.91 Å². The third-order valence-corrected chi connectivity index (χ3v) is 5.31. The summed E-state index contributed by atoms with van der Waals surface area (Å²) in [5.74, 6) is 1.91. The Labute approximate surface area is 134 Å². The van der Waals surface area contributed by atoms with Crippen LogP contribution in [0.4, 0.5) is 0 Å². The number of nitrogens with zero attached hydrogens (tertiary/aromatic N) is 3. The number of fused-ring (bicyclic) bond motifs is 1. The molecule has 0 radical (unpaired) electrons. The smallest absolute Gasteiger partial charge is 0.261 e. The van der Waals surface area contributed by atoms with E-state index in [1.54, 1.807) is 11.3 Å². The van der Waals surface area contributed by atoms with Crippen LogP contribution in [0, 0.1) is 6.92 Å². The third kappa shape index (κ3) is 3.06. The highest BCUT2D eigenvalue weighted by Gasteiger charge is 2.16. The van der Waals surface area contributed by atoms with E-state index in [-0.39, 0.29) is 5.91 Å². The summed E-state index contributed by atoms with van der Waals surface area (Å²) in [5, 5.41) is 11.5. The number of hydrogen-bond acceptors (Lipinski definition) is 4. The van der Waals surface area contributed by atoms with Crippen molar-refractivity contribution in [3.05, 3.63) is 33.0 Å². The SMILES string of the molecule is CCc1cc(C(=O)NCc2nnc3n2CCCCC3)sc1C. The minimum Gasteiger partial charge on any atom is -0.344 e. The fourth-order valence-corrected chi connectivity index (χ4v) is 3.94. The maximum atomic E-state index is 12.3. The number of nitrogens with one attached hydrogen (secondary N) is 1. The lowest BCUT2D eigenvalue weighted by atomic mass is 10.2. The van der Waals surface area contributed by atoms with Gasteiger partial charge in [-0.15, -0.1) is 21.5 Å². The van der Waals surface area contributed by atoms with Crippen molar-refractivity contribution in [1.29, 1.82) is 0 Å². The Kier molecular flexibility index (Phi) is 4.57. The first-order chi connectivity index (χ1) is 10.7. The van der Waals surface area contributed by atoms with E-state index in [1.807, 2.05) is 6.07 Å². The monoisotopic (exact) mass is 318 g/mol. The van der Waals surface area contributed by atoms with Gasteiger partial charge in [-0.2, -0.15) is 0 Å². The summed E-state index contributed by atoms with van der Waals surface area (Å²) in [6, 6.07) is 2.00. The molecule has 0 saturated carbocycles. The molecule has 2 aromatic rings. The fraction of sp³-hybridized carbons (Fsp3) is 0.562. The third-order valence-electron chi connectivity index (χ3n) is 4.22. The van der Waals surface area contributed by atoms with Gasteiger partial charge in [-0.05, 0) is 37.8 Å². The van der Waals surface area contributed by atoms with Crippen LogP contribution in [0.25, 0.3) is 0 Å². The Morgan fingerprint density at radius 3 is 3.00 bits per heavy atom. The Balaban J connectivity index is 1.67. The highest BCUT2D eigenvalue weighted by Crippen LogP contribution is 2.22. The summed E-state index contributed by atoms with van der Waals surface area (Å²) in [6.07, 6.45) is 5.54. The number of aromatic nitrogens is 3. The van der Waals surface area contributed by atoms with Crippen molar-refractivity contribution in [3.8, 4) is 0 Å². The van der Waals surface area contributed by atoms with Crippen molar-refractivity contribution >= 4 is 17.2 Å². The van der Waals surface area contributed by atoms with E-state index in [2.05, 4.69) is 33.9 Å². The van der Waals surface area contributed by atoms with Gasteiger partial charge < -0.3 is 9.88 Å².